The summed E-state index contributed by atoms with van der Waals surface area (Å²) in [6.45, 7) is 3.39. The van der Waals surface area contributed by atoms with E-state index in [1.807, 2.05) is 0 Å². The molecule has 5 nitrogen and oxygen atoms in total. The van der Waals surface area contributed by atoms with Gasteiger partial charge in [-0.15, -0.1) is 0 Å². The van der Waals surface area contributed by atoms with Crippen molar-refractivity contribution in [1.29, 1.82) is 0 Å². The molecule has 1 aromatic rings. The molecule has 0 aromatic carbocycles. The number of nitrogens with zero attached hydrogens (tertiary/aromatic N) is 2. The van der Waals surface area contributed by atoms with E-state index in [-0.39, 0.29) is 0 Å². The van der Waals surface area contributed by atoms with Gasteiger partial charge in [-0.05, 0) is 6.92 Å². The van der Waals surface area contributed by atoms with Crippen LogP contribution in [0.15, 0.2) is 6.20 Å². The van der Waals surface area contributed by atoms with Gasteiger partial charge in [0.15, 0.2) is 0 Å². The van der Waals surface area contributed by atoms with Crippen molar-refractivity contribution in [2.75, 3.05) is 26.8 Å². The van der Waals surface area contributed by atoms with Crippen LogP contribution in [0.2, 0.25) is 5.02 Å². The lowest BCUT2D eigenvalue weighted by molar-refractivity contribution is 0.0469. The first-order chi connectivity index (χ1) is 7.49. The second kappa shape index (κ2) is 5.63. The molecular formula is C10H18ClN3O2. The van der Waals surface area contributed by atoms with E-state index >= 15 is 0 Å². The van der Waals surface area contributed by atoms with E-state index < -0.39 is 5.60 Å². The third kappa shape index (κ3) is 3.18. The van der Waals surface area contributed by atoms with E-state index in [0.29, 0.717) is 30.4 Å². The predicted molar refractivity (Wildman–Crippen MR) is 62.5 cm³/mol. The molecule has 2 N–H and O–H groups in total. The number of hydrogen-bond acceptors (Lipinski definition) is 4. The van der Waals surface area contributed by atoms with E-state index in [2.05, 4.69) is 10.4 Å². The zero-order valence-electron chi connectivity index (χ0n) is 9.83. The fourth-order valence-electron chi connectivity index (χ4n) is 1.61. The van der Waals surface area contributed by atoms with Crippen LogP contribution in [-0.4, -0.2) is 41.7 Å². The van der Waals surface area contributed by atoms with Crippen molar-refractivity contribution < 1.29 is 9.84 Å². The van der Waals surface area contributed by atoms with Crippen molar-refractivity contribution in [2.45, 2.75) is 12.5 Å². The summed E-state index contributed by atoms with van der Waals surface area (Å²) in [4.78, 5) is 0. The van der Waals surface area contributed by atoms with Crippen LogP contribution in [0.1, 0.15) is 12.6 Å². The van der Waals surface area contributed by atoms with Gasteiger partial charge in [0.25, 0.3) is 0 Å². The molecule has 0 aliphatic carbocycles. The Morgan fingerprint density at radius 1 is 1.69 bits per heavy atom. The molecule has 1 rings (SSSR count). The zero-order chi connectivity index (χ0) is 12.2. The molecule has 92 valence electrons. The Hall–Kier alpha value is -0.620. The summed E-state index contributed by atoms with van der Waals surface area (Å²) >= 11 is 5.97. The lowest BCUT2D eigenvalue weighted by Gasteiger charge is -2.24. The summed E-state index contributed by atoms with van der Waals surface area (Å²) in [5.41, 5.74) is -0.435. The van der Waals surface area contributed by atoms with Crippen LogP contribution in [0.25, 0.3) is 0 Å². The first-order valence-electron chi connectivity index (χ1n) is 5.09. The molecule has 6 heteroatoms. The Morgan fingerprint density at radius 2 is 2.38 bits per heavy atom. The van der Waals surface area contributed by atoms with Crippen LogP contribution in [0.3, 0.4) is 0 Å². The van der Waals surface area contributed by atoms with Gasteiger partial charge in [0, 0.05) is 27.2 Å². The Morgan fingerprint density at radius 3 is 2.88 bits per heavy atom. The second-order valence-corrected chi connectivity index (χ2v) is 4.32. The highest BCUT2D eigenvalue weighted by molar-refractivity contribution is 6.31. The summed E-state index contributed by atoms with van der Waals surface area (Å²) in [6.07, 6.45) is 1.53. The molecule has 1 heterocycles. The third-order valence-electron chi connectivity index (χ3n) is 2.36. The van der Waals surface area contributed by atoms with Crippen LogP contribution >= 0.6 is 11.6 Å². The highest BCUT2D eigenvalue weighted by Gasteiger charge is 2.28. The van der Waals surface area contributed by atoms with Gasteiger partial charge in [0.1, 0.15) is 5.60 Å². The summed E-state index contributed by atoms with van der Waals surface area (Å²) in [6, 6.07) is 0. The van der Waals surface area contributed by atoms with Gasteiger partial charge < -0.3 is 15.2 Å². The number of hydrogen-bond donors (Lipinski definition) is 2. The quantitative estimate of drug-likeness (QED) is 0.720. The van der Waals surface area contributed by atoms with Gasteiger partial charge in [-0.2, -0.15) is 5.10 Å². The first-order valence-corrected chi connectivity index (χ1v) is 5.47. The summed E-state index contributed by atoms with van der Waals surface area (Å²) in [7, 11) is 3.39. The van der Waals surface area contributed by atoms with Gasteiger partial charge >= 0.3 is 0 Å². The number of aromatic nitrogens is 2. The minimum Gasteiger partial charge on any atom is -0.383 e. The first kappa shape index (κ1) is 13.4. The fraction of sp³-hybridized carbons (Fsp3) is 0.700. The SMILES string of the molecule is COCCNCC(C)(O)c1c(Cl)cnn1C. The van der Waals surface area contributed by atoms with Gasteiger partial charge in [-0.1, -0.05) is 11.6 Å². The van der Waals surface area contributed by atoms with E-state index in [9.17, 15) is 5.11 Å². The monoisotopic (exact) mass is 247 g/mol. The largest absolute Gasteiger partial charge is 0.383 e. The van der Waals surface area contributed by atoms with E-state index in [1.165, 1.54) is 6.20 Å². The maximum atomic E-state index is 10.3. The minimum atomic E-state index is -1.05. The number of ether oxygens (including phenoxy) is 1. The molecule has 0 amide bonds. The number of methoxy groups -OCH3 is 1. The maximum Gasteiger partial charge on any atom is 0.117 e. The number of halogens is 1. The molecule has 1 unspecified atom stereocenters. The Balaban J connectivity index is 2.63. The van der Waals surface area contributed by atoms with Gasteiger partial charge in [-0.3, -0.25) is 4.68 Å². The van der Waals surface area contributed by atoms with Crippen molar-refractivity contribution in [3.05, 3.63) is 16.9 Å². The number of aryl methyl sites for hydroxylation is 1. The van der Waals surface area contributed by atoms with Crippen molar-refractivity contribution in [3.63, 3.8) is 0 Å². The highest BCUT2D eigenvalue weighted by atomic mass is 35.5. The molecule has 0 radical (unpaired) electrons. The number of nitrogens with one attached hydrogen (secondary N) is 1. The molecular weight excluding hydrogens is 230 g/mol. The van der Waals surface area contributed by atoms with Crippen molar-refractivity contribution in [3.8, 4) is 0 Å². The summed E-state index contributed by atoms with van der Waals surface area (Å²) in [5, 5.41) is 17.9. The van der Waals surface area contributed by atoms with Crippen molar-refractivity contribution in [2.24, 2.45) is 7.05 Å². The summed E-state index contributed by atoms with van der Waals surface area (Å²) < 4.78 is 6.49. The Bertz CT molecular complexity index is 319. The predicted octanol–water partition coefficient (Wildman–Crippen LogP) is 0.517. The summed E-state index contributed by atoms with van der Waals surface area (Å²) in [5.74, 6) is 0. The zero-order valence-corrected chi connectivity index (χ0v) is 10.6. The molecule has 0 saturated carbocycles. The topological polar surface area (TPSA) is 59.3 Å². The van der Waals surface area contributed by atoms with E-state index in [4.69, 9.17) is 16.3 Å². The Labute approximate surface area is 100 Å². The molecule has 0 saturated heterocycles. The lowest BCUT2D eigenvalue weighted by Crippen LogP contribution is -2.38. The molecule has 1 aromatic heterocycles. The molecule has 0 bridgehead atoms. The number of aliphatic hydroxyl groups is 1. The Kier molecular flexibility index (Phi) is 4.73. The highest BCUT2D eigenvalue weighted by Crippen LogP contribution is 2.26. The molecule has 1 atom stereocenters. The van der Waals surface area contributed by atoms with Crippen molar-refractivity contribution >= 4 is 11.6 Å². The minimum absolute atomic E-state index is 0.398. The van der Waals surface area contributed by atoms with Crippen LogP contribution in [-0.2, 0) is 17.4 Å². The average molecular weight is 248 g/mol. The van der Waals surface area contributed by atoms with Crippen LogP contribution in [0.5, 0.6) is 0 Å². The smallest absolute Gasteiger partial charge is 0.117 e. The van der Waals surface area contributed by atoms with Crippen LogP contribution < -0.4 is 5.32 Å². The standard InChI is InChI=1S/C10H18ClN3O2/c1-10(15,7-12-4-5-16-3)9-8(11)6-13-14(9)2/h6,12,15H,4-5,7H2,1-3H3. The molecule has 0 aliphatic heterocycles. The fourth-order valence-corrected chi connectivity index (χ4v) is 1.98. The van der Waals surface area contributed by atoms with Gasteiger partial charge in [0.05, 0.1) is 23.5 Å². The van der Waals surface area contributed by atoms with Crippen LogP contribution in [0, 0.1) is 0 Å². The number of rotatable bonds is 6. The molecule has 0 fully saturated rings. The normalized spacial score (nSPS) is 15.1. The van der Waals surface area contributed by atoms with Crippen LogP contribution in [0.4, 0.5) is 0 Å². The maximum absolute atomic E-state index is 10.3. The van der Waals surface area contributed by atoms with E-state index in [1.54, 1.807) is 25.8 Å². The molecule has 16 heavy (non-hydrogen) atoms. The third-order valence-corrected chi connectivity index (χ3v) is 2.63. The lowest BCUT2D eigenvalue weighted by atomic mass is 10.0. The van der Waals surface area contributed by atoms with Crippen molar-refractivity contribution in [1.82, 2.24) is 15.1 Å². The second-order valence-electron chi connectivity index (χ2n) is 3.91. The molecule has 0 spiro atoms. The van der Waals surface area contributed by atoms with E-state index in [0.717, 1.165) is 0 Å². The molecule has 0 aliphatic rings. The van der Waals surface area contributed by atoms with Gasteiger partial charge in [-0.25, -0.2) is 0 Å². The average Bonchev–Trinajstić information content (AvgIpc) is 2.54. The van der Waals surface area contributed by atoms with Gasteiger partial charge in [0.2, 0.25) is 0 Å².